The molecule has 0 spiro atoms. The third-order valence-corrected chi connectivity index (χ3v) is 3.63. The fraction of sp³-hybridized carbons (Fsp3) is 0.579. The van der Waals surface area contributed by atoms with Gasteiger partial charge >= 0.3 is 0 Å². The molecular formula is C19H32N2. The Bertz CT molecular complexity index is 398. The number of nitrogens with one attached hydrogen (secondary N) is 1. The van der Waals surface area contributed by atoms with Gasteiger partial charge in [0.2, 0.25) is 0 Å². The van der Waals surface area contributed by atoms with Crippen LogP contribution in [0.15, 0.2) is 36.9 Å². The summed E-state index contributed by atoms with van der Waals surface area (Å²) in [5.74, 6) is 0.719. The zero-order valence-electron chi connectivity index (χ0n) is 14.1. The summed E-state index contributed by atoms with van der Waals surface area (Å²) in [5.41, 5.74) is 2.94. The molecular weight excluding hydrogens is 256 g/mol. The SMILES string of the molecule is C=CCCCN(C)Cc1ccccc1CCNCC(C)C. The molecule has 0 amide bonds. The van der Waals surface area contributed by atoms with Gasteiger partial charge in [0, 0.05) is 6.54 Å². The van der Waals surface area contributed by atoms with E-state index in [9.17, 15) is 0 Å². The van der Waals surface area contributed by atoms with Crippen LogP contribution in [-0.4, -0.2) is 31.6 Å². The van der Waals surface area contributed by atoms with Crippen LogP contribution in [0.25, 0.3) is 0 Å². The van der Waals surface area contributed by atoms with Gasteiger partial charge in [0.25, 0.3) is 0 Å². The van der Waals surface area contributed by atoms with Gasteiger partial charge in [-0.2, -0.15) is 0 Å². The summed E-state index contributed by atoms with van der Waals surface area (Å²) in [4.78, 5) is 2.41. The van der Waals surface area contributed by atoms with E-state index in [4.69, 9.17) is 0 Å². The number of hydrogen-bond donors (Lipinski definition) is 1. The Morgan fingerprint density at radius 1 is 1.24 bits per heavy atom. The maximum atomic E-state index is 3.78. The first-order chi connectivity index (χ1) is 10.1. The van der Waals surface area contributed by atoms with Gasteiger partial charge in [-0.25, -0.2) is 0 Å². The van der Waals surface area contributed by atoms with Gasteiger partial charge in [-0.1, -0.05) is 44.2 Å². The fourth-order valence-corrected chi connectivity index (χ4v) is 2.44. The molecule has 0 radical (unpaired) electrons. The van der Waals surface area contributed by atoms with Crippen molar-refractivity contribution < 1.29 is 0 Å². The maximum Gasteiger partial charge on any atom is 0.0233 e. The van der Waals surface area contributed by atoms with Crippen molar-refractivity contribution in [3.8, 4) is 0 Å². The van der Waals surface area contributed by atoms with Crippen LogP contribution in [-0.2, 0) is 13.0 Å². The van der Waals surface area contributed by atoms with Gasteiger partial charge in [0.15, 0.2) is 0 Å². The lowest BCUT2D eigenvalue weighted by Gasteiger charge is -2.19. The molecule has 0 heterocycles. The summed E-state index contributed by atoms with van der Waals surface area (Å²) in [6.07, 6.45) is 5.41. The molecule has 118 valence electrons. The number of allylic oxidation sites excluding steroid dienone is 1. The maximum absolute atomic E-state index is 3.78. The van der Waals surface area contributed by atoms with E-state index in [1.165, 1.54) is 17.5 Å². The van der Waals surface area contributed by atoms with Crippen LogP contribution in [0.2, 0.25) is 0 Å². The highest BCUT2D eigenvalue weighted by molar-refractivity contribution is 5.27. The van der Waals surface area contributed by atoms with Gasteiger partial charge in [-0.15, -0.1) is 6.58 Å². The van der Waals surface area contributed by atoms with Crippen LogP contribution >= 0.6 is 0 Å². The molecule has 0 atom stereocenters. The molecule has 0 aliphatic rings. The van der Waals surface area contributed by atoms with Crippen molar-refractivity contribution in [2.24, 2.45) is 5.92 Å². The van der Waals surface area contributed by atoms with Gasteiger partial charge in [-0.05, 0) is 63.0 Å². The molecule has 0 aromatic heterocycles. The van der Waals surface area contributed by atoms with Crippen molar-refractivity contribution in [1.82, 2.24) is 10.2 Å². The third kappa shape index (κ3) is 8.03. The van der Waals surface area contributed by atoms with Gasteiger partial charge in [0.05, 0.1) is 0 Å². The van der Waals surface area contributed by atoms with E-state index in [2.05, 4.69) is 62.0 Å². The summed E-state index contributed by atoms with van der Waals surface area (Å²) in [6, 6.07) is 8.84. The molecule has 21 heavy (non-hydrogen) atoms. The smallest absolute Gasteiger partial charge is 0.0233 e. The normalized spacial score (nSPS) is 11.3. The molecule has 1 N–H and O–H groups in total. The Labute approximate surface area is 131 Å². The number of nitrogens with zero attached hydrogens (tertiary/aromatic N) is 1. The highest BCUT2D eigenvalue weighted by Gasteiger charge is 2.05. The van der Waals surface area contributed by atoms with Crippen molar-refractivity contribution in [2.75, 3.05) is 26.7 Å². The highest BCUT2D eigenvalue weighted by Crippen LogP contribution is 2.12. The zero-order chi connectivity index (χ0) is 15.5. The number of rotatable bonds is 11. The first-order valence-electron chi connectivity index (χ1n) is 8.20. The zero-order valence-corrected chi connectivity index (χ0v) is 14.1. The van der Waals surface area contributed by atoms with E-state index in [1.54, 1.807) is 0 Å². The van der Waals surface area contributed by atoms with Crippen molar-refractivity contribution >= 4 is 0 Å². The average molecular weight is 288 g/mol. The van der Waals surface area contributed by atoms with E-state index in [0.717, 1.165) is 44.9 Å². The third-order valence-electron chi connectivity index (χ3n) is 3.63. The van der Waals surface area contributed by atoms with Crippen molar-refractivity contribution in [2.45, 2.75) is 39.7 Å². The number of hydrogen-bond acceptors (Lipinski definition) is 2. The monoisotopic (exact) mass is 288 g/mol. The molecule has 0 fully saturated rings. The molecule has 0 unspecified atom stereocenters. The Morgan fingerprint density at radius 2 is 1.95 bits per heavy atom. The van der Waals surface area contributed by atoms with Gasteiger partial charge in [-0.3, -0.25) is 0 Å². The molecule has 0 bridgehead atoms. The average Bonchev–Trinajstić information content (AvgIpc) is 2.45. The molecule has 2 heteroatoms. The molecule has 0 aliphatic heterocycles. The van der Waals surface area contributed by atoms with Gasteiger partial charge < -0.3 is 10.2 Å². The van der Waals surface area contributed by atoms with E-state index in [1.807, 2.05) is 6.08 Å². The van der Waals surface area contributed by atoms with Crippen LogP contribution in [0.3, 0.4) is 0 Å². The summed E-state index contributed by atoms with van der Waals surface area (Å²) in [6.45, 7) is 12.6. The van der Waals surface area contributed by atoms with Crippen LogP contribution < -0.4 is 5.32 Å². The summed E-state index contributed by atoms with van der Waals surface area (Å²) in [7, 11) is 2.21. The van der Waals surface area contributed by atoms with Crippen LogP contribution in [0.5, 0.6) is 0 Å². The highest BCUT2D eigenvalue weighted by atomic mass is 15.1. The molecule has 0 saturated heterocycles. The van der Waals surface area contributed by atoms with E-state index >= 15 is 0 Å². The second kappa shape index (κ2) is 10.6. The van der Waals surface area contributed by atoms with Crippen molar-refractivity contribution in [3.05, 3.63) is 48.0 Å². The van der Waals surface area contributed by atoms with Crippen molar-refractivity contribution in [1.29, 1.82) is 0 Å². The number of unbranched alkanes of at least 4 members (excludes halogenated alkanes) is 1. The molecule has 1 aromatic rings. The Morgan fingerprint density at radius 3 is 2.62 bits per heavy atom. The molecule has 1 rings (SSSR count). The first kappa shape index (κ1) is 17.9. The molecule has 0 saturated carbocycles. The Kier molecular flexibility index (Phi) is 9.04. The second-order valence-electron chi connectivity index (χ2n) is 6.29. The predicted octanol–water partition coefficient (Wildman–Crippen LogP) is 3.87. The quantitative estimate of drug-likeness (QED) is 0.491. The lowest BCUT2D eigenvalue weighted by atomic mass is 10.0. The van der Waals surface area contributed by atoms with Crippen LogP contribution in [0.1, 0.15) is 37.8 Å². The summed E-state index contributed by atoms with van der Waals surface area (Å²) < 4.78 is 0. The minimum Gasteiger partial charge on any atom is -0.316 e. The topological polar surface area (TPSA) is 15.3 Å². The second-order valence-corrected chi connectivity index (χ2v) is 6.29. The largest absolute Gasteiger partial charge is 0.316 e. The molecule has 1 aromatic carbocycles. The van der Waals surface area contributed by atoms with E-state index in [-0.39, 0.29) is 0 Å². The minimum absolute atomic E-state index is 0.719. The lowest BCUT2D eigenvalue weighted by Crippen LogP contribution is -2.23. The standard InChI is InChI=1S/C19H32N2/c1-5-6-9-14-21(4)16-19-11-8-7-10-18(19)12-13-20-15-17(2)3/h5,7-8,10-11,17,20H,1,6,9,12-16H2,2-4H3. The van der Waals surface area contributed by atoms with E-state index in [0.29, 0.717) is 0 Å². The predicted molar refractivity (Wildman–Crippen MR) is 93.6 cm³/mol. The van der Waals surface area contributed by atoms with Crippen LogP contribution in [0.4, 0.5) is 0 Å². The first-order valence-corrected chi connectivity index (χ1v) is 8.20. The van der Waals surface area contributed by atoms with Crippen LogP contribution in [0, 0.1) is 5.92 Å². The van der Waals surface area contributed by atoms with Gasteiger partial charge in [0.1, 0.15) is 0 Å². The Hall–Kier alpha value is -1.12. The minimum atomic E-state index is 0.719. The molecule has 2 nitrogen and oxygen atoms in total. The van der Waals surface area contributed by atoms with E-state index < -0.39 is 0 Å². The van der Waals surface area contributed by atoms with Crippen molar-refractivity contribution in [3.63, 3.8) is 0 Å². The Balaban J connectivity index is 2.44. The molecule has 0 aliphatic carbocycles. The summed E-state index contributed by atoms with van der Waals surface area (Å²) in [5, 5.41) is 3.53. The number of benzene rings is 1. The summed E-state index contributed by atoms with van der Waals surface area (Å²) >= 11 is 0. The fourth-order valence-electron chi connectivity index (χ4n) is 2.44. The lowest BCUT2D eigenvalue weighted by molar-refractivity contribution is 0.322.